The summed E-state index contributed by atoms with van der Waals surface area (Å²) in [6.45, 7) is 4.36. The molecule has 0 aromatic heterocycles. The Morgan fingerprint density at radius 2 is 1.65 bits per heavy atom. The molecule has 1 atom stereocenters. The lowest BCUT2D eigenvalue weighted by molar-refractivity contribution is -0.139. The van der Waals surface area contributed by atoms with E-state index in [1.807, 2.05) is 4.90 Å². The van der Waals surface area contributed by atoms with Gasteiger partial charge in [0.1, 0.15) is 5.82 Å². The lowest BCUT2D eigenvalue weighted by Crippen LogP contribution is -2.54. The van der Waals surface area contributed by atoms with E-state index in [4.69, 9.17) is 0 Å². The summed E-state index contributed by atoms with van der Waals surface area (Å²) in [6, 6.07) is 10.8. The van der Waals surface area contributed by atoms with Crippen LogP contribution in [-0.2, 0) is 22.3 Å². The molecule has 1 aliphatic heterocycles. The Labute approximate surface area is 196 Å². The number of para-hydroxylation sites is 1. The van der Waals surface area contributed by atoms with Crippen molar-refractivity contribution in [3.05, 3.63) is 65.5 Å². The highest BCUT2D eigenvalue weighted by Gasteiger charge is 2.34. The number of amides is 2. The normalized spacial score (nSPS) is 16.2. The fraction of sp³-hybridized carbons (Fsp3) is 0.417. The third-order valence-corrected chi connectivity index (χ3v) is 5.93. The summed E-state index contributed by atoms with van der Waals surface area (Å²) in [4.78, 5) is 30.5. The van der Waals surface area contributed by atoms with E-state index in [2.05, 4.69) is 10.2 Å². The van der Waals surface area contributed by atoms with Crippen LogP contribution in [-0.4, -0.2) is 72.3 Å². The number of halogens is 4. The van der Waals surface area contributed by atoms with Crippen LogP contribution < -0.4 is 5.32 Å². The third-order valence-electron chi connectivity index (χ3n) is 5.93. The molecule has 2 aromatic carbocycles. The van der Waals surface area contributed by atoms with Crippen molar-refractivity contribution in [1.82, 2.24) is 14.7 Å². The Hall–Kier alpha value is -2.98. The standard InChI is InChI=1S/C24H28F4N4O2/c1-17(32-13-11-31(12-14-32)15-18-7-3-5-9-20(18)25)23(34)30(2)16-22(33)29-21-10-6-4-8-19(21)24(26,27)28/h3-10,17H,11-16H2,1-2H3,(H,29,33)/t17-/m0/s1. The minimum absolute atomic E-state index is 0.244. The SMILES string of the molecule is C[C@@H](C(=O)N(C)CC(=O)Nc1ccccc1C(F)(F)F)N1CCN(Cc2ccccc2F)CC1. The molecule has 1 saturated heterocycles. The zero-order valence-electron chi connectivity index (χ0n) is 19.1. The van der Waals surface area contributed by atoms with Gasteiger partial charge in [-0.05, 0) is 25.1 Å². The first-order valence-electron chi connectivity index (χ1n) is 11.0. The van der Waals surface area contributed by atoms with Gasteiger partial charge in [0.2, 0.25) is 11.8 Å². The Morgan fingerprint density at radius 1 is 1.03 bits per heavy atom. The number of nitrogens with one attached hydrogen (secondary N) is 1. The lowest BCUT2D eigenvalue weighted by atomic mass is 10.1. The van der Waals surface area contributed by atoms with Crippen molar-refractivity contribution in [2.75, 3.05) is 45.1 Å². The molecule has 1 N–H and O–H groups in total. The van der Waals surface area contributed by atoms with Gasteiger partial charge in [0, 0.05) is 45.3 Å². The zero-order valence-corrected chi connectivity index (χ0v) is 19.1. The number of benzene rings is 2. The molecular weight excluding hydrogens is 452 g/mol. The van der Waals surface area contributed by atoms with E-state index in [0.29, 0.717) is 38.3 Å². The molecule has 184 valence electrons. The first-order chi connectivity index (χ1) is 16.1. The average Bonchev–Trinajstić information content (AvgIpc) is 2.79. The van der Waals surface area contributed by atoms with E-state index >= 15 is 0 Å². The molecule has 0 radical (unpaired) electrons. The molecule has 2 aromatic rings. The quantitative estimate of drug-likeness (QED) is 0.617. The van der Waals surface area contributed by atoms with Crippen LogP contribution in [0.1, 0.15) is 18.1 Å². The number of carbonyl (C=O) groups excluding carboxylic acids is 2. The van der Waals surface area contributed by atoms with Crippen LogP contribution in [0.15, 0.2) is 48.5 Å². The van der Waals surface area contributed by atoms with Crippen LogP contribution in [0.2, 0.25) is 0 Å². The van der Waals surface area contributed by atoms with Gasteiger partial charge in [-0.15, -0.1) is 0 Å². The molecule has 0 saturated carbocycles. The third kappa shape index (κ3) is 6.54. The molecule has 6 nitrogen and oxygen atoms in total. The fourth-order valence-corrected chi connectivity index (χ4v) is 3.97. The molecule has 0 bridgehead atoms. The Kier molecular flexibility index (Phi) is 8.27. The van der Waals surface area contributed by atoms with E-state index in [1.165, 1.54) is 36.2 Å². The molecule has 2 amide bonds. The number of hydrogen-bond donors (Lipinski definition) is 1. The summed E-state index contributed by atoms with van der Waals surface area (Å²) in [5.41, 5.74) is -0.670. The summed E-state index contributed by atoms with van der Waals surface area (Å²) in [6.07, 6.45) is -4.60. The smallest absolute Gasteiger partial charge is 0.335 e. The topological polar surface area (TPSA) is 55.9 Å². The molecule has 1 fully saturated rings. The predicted molar refractivity (Wildman–Crippen MR) is 120 cm³/mol. The summed E-state index contributed by atoms with van der Waals surface area (Å²) in [5, 5.41) is 2.25. The summed E-state index contributed by atoms with van der Waals surface area (Å²) >= 11 is 0. The maximum absolute atomic E-state index is 13.9. The molecule has 0 spiro atoms. The minimum atomic E-state index is -4.60. The van der Waals surface area contributed by atoms with Crippen molar-refractivity contribution in [3.63, 3.8) is 0 Å². The minimum Gasteiger partial charge on any atom is -0.335 e. The molecule has 10 heteroatoms. The van der Waals surface area contributed by atoms with E-state index in [9.17, 15) is 27.2 Å². The Morgan fingerprint density at radius 3 is 2.29 bits per heavy atom. The largest absolute Gasteiger partial charge is 0.418 e. The van der Waals surface area contributed by atoms with Crippen molar-refractivity contribution >= 4 is 17.5 Å². The number of rotatable bonds is 7. The van der Waals surface area contributed by atoms with Gasteiger partial charge in [-0.2, -0.15) is 13.2 Å². The average molecular weight is 481 g/mol. The second-order valence-electron chi connectivity index (χ2n) is 8.37. The molecular formula is C24H28F4N4O2. The van der Waals surface area contributed by atoms with Gasteiger partial charge in [0.05, 0.1) is 23.8 Å². The lowest BCUT2D eigenvalue weighted by Gasteiger charge is -2.38. The van der Waals surface area contributed by atoms with Crippen molar-refractivity contribution in [3.8, 4) is 0 Å². The number of likely N-dealkylation sites (N-methyl/N-ethyl adjacent to an activating group) is 1. The van der Waals surface area contributed by atoms with Crippen molar-refractivity contribution in [2.24, 2.45) is 0 Å². The second-order valence-corrected chi connectivity index (χ2v) is 8.37. The number of alkyl halides is 3. The van der Waals surface area contributed by atoms with E-state index < -0.39 is 23.7 Å². The molecule has 0 aliphatic carbocycles. The number of nitrogens with zero attached hydrogens (tertiary/aromatic N) is 3. The zero-order chi connectivity index (χ0) is 24.9. The van der Waals surface area contributed by atoms with Gasteiger partial charge in [-0.3, -0.25) is 19.4 Å². The van der Waals surface area contributed by atoms with Gasteiger partial charge in [0.15, 0.2) is 0 Å². The molecule has 1 aliphatic rings. The molecule has 0 unspecified atom stereocenters. The van der Waals surface area contributed by atoms with Gasteiger partial charge in [-0.25, -0.2) is 4.39 Å². The van der Waals surface area contributed by atoms with Crippen LogP contribution >= 0.6 is 0 Å². The monoisotopic (exact) mass is 480 g/mol. The van der Waals surface area contributed by atoms with E-state index in [1.54, 1.807) is 25.1 Å². The van der Waals surface area contributed by atoms with Gasteiger partial charge < -0.3 is 10.2 Å². The van der Waals surface area contributed by atoms with Gasteiger partial charge >= 0.3 is 6.18 Å². The maximum Gasteiger partial charge on any atom is 0.418 e. The number of piperazine rings is 1. The van der Waals surface area contributed by atoms with Crippen LogP contribution in [0.25, 0.3) is 0 Å². The van der Waals surface area contributed by atoms with Gasteiger partial charge in [-0.1, -0.05) is 30.3 Å². The predicted octanol–water partition coefficient (Wildman–Crippen LogP) is 3.45. The van der Waals surface area contributed by atoms with Crippen LogP contribution in [0, 0.1) is 5.82 Å². The summed E-state index contributed by atoms with van der Waals surface area (Å²) in [5.74, 6) is -1.26. The van der Waals surface area contributed by atoms with Crippen molar-refractivity contribution < 1.29 is 27.2 Å². The van der Waals surface area contributed by atoms with E-state index in [-0.39, 0.29) is 24.0 Å². The first-order valence-corrected chi connectivity index (χ1v) is 11.0. The number of anilines is 1. The Bertz CT molecular complexity index is 1010. The summed E-state index contributed by atoms with van der Waals surface area (Å²) < 4.78 is 53.3. The number of hydrogen-bond acceptors (Lipinski definition) is 4. The summed E-state index contributed by atoms with van der Waals surface area (Å²) in [7, 11) is 1.45. The van der Waals surface area contributed by atoms with Crippen LogP contribution in [0.4, 0.5) is 23.2 Å². The number of carbonyl (C=O) groups is 2. The Balaban J connectivity index is 1.50. The highest BCUT2D eigenvalue weighted by atomic mass is 19.4. The highest BCUT2D eigenvalue weighted by Crippen LogP contribution is 2.34. The molecule has 3 rings (SSSR count). The van der Waals surface area contributed by atoms with Gasteiger partial charge in [0.25, 0.3) is 0 Å². The van der Waals surface area contributed by atoms with Crippen molar-refractivity contribution in [1.29, 1.82) is 0 Å². The molecule has 1 heterocycles. The fourth-order valence-electron chi connectivity index (χ4n) is 3.97. The molecule has 34 heavy (non-hydrogen) atoms. The maximum atomic E-state index is 13.9. The van der Waals surface area contributed by atoms with Crippen molar-refractivity contribution in [2.45, 2.75) is 25.7 Å². The highest BCUT2D eigenvalue weighted by molar-refractivity contribution is 5.95. The second kappa shape index (κ2) is 11.0. The first kappa shape index (κ1) is 25.6. The van der Waals surface area contributed by atoms with Crippen LogP contribution in [0.3, 0.4) is 0 Å². The van der Waals surface area contributed by atoms with E-state index in [0.717, 1.165) is 6.07 Å². The van der Waals surface area contributed by atoms with Crippen LogP contribution in [0.5, 0.6) is 0 Å².